The van der Waals surface area contributed by atoms with Crippen LogP contribution in [-0.4, -0.2) is 26.8 Å². The Hall–Kier alpha value is -3.41. The van der Waals surface area contributed by atoms with Crippen molar-refractivity contribution in [2.24, 2.45) is 0 Å². The van der Waals surface area contributed by atoms with Crippen LogP contribution in [0.5, 0.6) is 0 Å². The van der Waals surface area contributed by atoms with Gasteiger partial charge in [0, 0.05) is 17.5 Å². The van der Waals surface area contributed by atoms with Crippen LogP contribution in [0.15, 0.2) is 54.6 Å². The molecular formula is C25H29N3O3. The van der Waals surface area contributed by atoms with Crippen molar-refractivity contribution in [1.29, 1.82) is 0 Å². The van der Waals surface area contributed by atoms with E-state index in [1.165, 1.54) is 0 Å². The third kappa shape index (κ3) is 5.40. The lowest BCUT2D eigenvalue weighted by molar-refractivity contribution is -0.136. The SMILES string of the molecule is CCc1cc(CCC(=O)O)ccc1NC(=O)c1cc(C(C)(C)C)n(-c2ccccc2)n1. The van der Waals surface area contributed by atoms with Crippen LogP contribution in [-0.2, 0) is 23.1 Å². The first-order chi connectivity index (χ1) is 14.7. The van der Waals surface area contributed by atoms with Crippen LogP contribution < -0.4 is 5.32 Å². The van der Waals surface area contributed by atoms with Crippen LogP contribution in [0.1, 0.15) is 61.4 Å². The Kier molecular flexibility index (Phi) is 6.59. The predicted octanol–water partition coefficient (Wildman–Crippen LogP) is 5.00. The summed E-state index contributed by atoms with van der Waals surface area (Å²) in [6, 6.07) is 17.3. The summed E-state index contributed by atoms with van der Waals surface area (Å²) in [6.45, 7) is 8.29. The summed E-state index contributed by atoms with van der Waals surface area (Å²) in [5, 5.41) is 16.5. The molecule has 2 aromatic carbocycles. The van der Waals surface area contributed by atoms with Crippen molar-refractivity contribution in [3.8, 4) is 5.69 Å². The molecule has 0 bridgehead atoms. The highest BCUT2D eigenvalue weighted by Gasteiger charge is 2.24. The lowest BCUT2D eigenvalue weighted by Gasteiger charge is -2.20. The number of carboxylic acids is 1. The number of nitrogens with zero attached hydrogens (tertiary/aromatic N) is 2. The highest BCUT2D eigenvalue weighted by atomic mass is 16.4. The minimum atomic E-state index is -0.820. The summed E-state index contributed by atoms with van der Waals surface area (Å²) in [7, 11) is 0. The van der Waals surface area contributed by atoms with Gasteiger partial charge in [-0.3, -0.25) is 9.59 Å². The van der Waals surface area contributed by atoms with Gasteiger partial charge in [-0.05, 0) is 48.2 Å². The summed E-state index contributed by atoms with van der Waals surface area (Å²) >= 11 is 0. The molecule has 0 aliphatic heterocycles. The molecular weight excluding hydrogens is 390 g/mol. The van der Waals surface area contributed by atoms with Crippen molar-refractivity contribution in [3.63, 3.8) is 0 Å². The van der Waals surface area contributed by atoms with E-state index in [0.29, 0.717) is 12.1 Å². The van der Waals surface area contributed by atoms with Gasteiger partial charge in [-0.2, -0.15) is 5.10 Å². The maximum atomic E-state index is 13.0. The van der Waals surface area contributed by atoms with Crippen molar-refractivity contribution in [3.05, 3.63) is 77.1 Å². The number of nitrogens with one attached hydrogen (secondary N) is 1. The van der Waals surface area contributed by atoms with Crippen molar-refractivity contribution >= 4 is 17.6 Å². The second-order valence-corrected chi connectivity index (χ2v) is 8.61. The van der Waals surface area contributed by atoms with Gasteiger partial charge in [0.25, 0.3) is 5.91 Å². The molecule has 0 aliphatic rings. The van der Waals surface area contributed by atoms with E-state index in [-0.39, 0.29) is 17.7 Å². The summed E-state index contributed by atoms with van der Waals surface area (Å²) in [6.07, 6.45) is 1.27. The molecule has 162 valence electrons. The number of benzene rings is 2. The number of rotatable bonds is 7. The number of para-hydroxylation sites is 1. The number of amides is 1. The molecule has 6 heteroatoms. The molecule has 0 aliphatic carbocycles. The first kappa shape index (κ1) is 22.3. The highest BCUT2D eigenvalue weighted by molar-refractivity contribution is 6.03. The van der Waals surface area contributed by atoms with E-state index in [2.05, 4.69) is 31.2 Å². The third-order valence-electron chi connectivity index (χ3n) is 5.14. The zero-order valence-electron chi connectivity index (χ0n) is 18.5. The van der Waals surface area contributed by atoms with Crippen LogP contribution in [0, 0.1) is 0 Å². The fourth-order valence-electron chi connectivity index (χ4n) is 3.45. The molecule has 0 fully saturated rings. The van der Waals surface area contributed by atoms with Gasteiger partial charge in [-0.25, -0.2) is 4.68 Å². The van der Waals surface area contributed by atoms with E-state index in [1.54, 1.807) is 0 Å². The number of carbonyl (C=O) groups excluding carboxylic acids is 1. The highest BCUT2D eigenvalue weighted by Crippen LogP contribution is 2.27. The normalized spacial score (nSPS) is 11.4. The number of carbonyl (C=O) groups is 2. The minimum absolute atomic E-state index is 0.0847. The van der Waals surface area contributed by atoms with Crippen LogP contribution in [0.4, 0.5) is 5.69 Å². The number of aryl methyl sites for hydroxylation is 2. The average molecular weight is 420 g/mol. The fourth-order valence-corrected chi connectivity index (χ4v) is 3.45. The van der Waals surface area contributed by atoms with Crippen molar-refractivity contribution < 1.29 is 14.7 Å². The summed E-state index contributed by atoms with van der Waals surface area (Å²) in [4.78, 5) is 23.9. The second kappa shape index (κ2) is 9.16. The molecule has 0 saturated heterocycles. The molecule has 0 unspecified atom stereocenters. The smallest absolute Gasteiger partial charge is 0.303 e. The maximum absolute atomic E-state index is 13.0. The zero-order chi connectivity index (χ0) is 22.6. The molecule has 6 nitrogen and oxygen atoms in total. The molecule has 0 saturated carbocycles. The predicted molar refractivity (Wildman–Crippen MR) is 122 cm³/mol. The molecule has 0 spiro atoms. The van der Waals surface area contributed by atoms with Crippen LogP contribution >= 0.6 is 0 Å². The molecule has 2 N–H and O–H groups in total. The van der Waals surface area contributed by atoms with E-state index in [0.717, 1.165) is 34.6 Å². The van der Waals surface area contributed by atoms with Crippen LogP contribution in [0.25, 0.3) is 5.69 Å². The molecule has 3 rings (SSSR count). The van der Waals surface area contributed by atoms with Crippen LogP contribution in [0.2, 0.25) is 0 Å². The largest absolute Gasteiger partial charge is 0.481 e. The Labute approximate surface area is 182 Å². The van der Waals surface area contributed by atoms with Gasteiger partial charge in [0.15, 0.2) is 5.69 Å². The molecule has 0 radical (unpaired) electrons. The van der Waals surface area contributed by atoms with E-state index in [9.17, 15) is 9.59 Å². The number of aliphatic carboxylic acids is 1. The molecule has 0 atom stereocenters. The van der Waals surface area contributed by atoms with Gasteiger partial charge in [0.05, 0.1) is 11.4 Å². The van der Waals surface area contributed by atoms with Crippen molar-refractivity contribution in [1.82, 2.24) is 9.78 Å². The average Bonchev–Trinajstić information content (AvgIpc) is 3.20. The van der Waals surface area contributed by atoms with E-state index in [4.69, 9.17) is 5.11 Å². The monoisotopic (exact) mass is 419 g/mol. The lowest BCUT2D eigenvalue weighted by atomic mass is 9.91. The molecule has 1 aromatic heterocycles. The quantitative estimate of drug-likeness (QED) is 0.564. The van der Waals surface area contributed by atoms with E-state index in [1.807, 2.05) is 66.2 Å². The molecule has 1 heterocycles. The summed E-state index contributed by atoms with van der Waals surface area (Å²) < 4.78 is 1.82. The standard InChI is InChI=1S/C25H29N3O3/c1-5-18-15-17(12-14-23(29)30)11-13-20(18)26-24(31)21-16-22(25(2,3)4)28(27-21)19-9-7-6-8-10-19/h6-11,13,15-16H,5,12,14H2,1-4H3,(H,26,31)(H,29,30). The molecule has 1 amide bonds. The topological polar surface area (TPSA) is 84.2 Å². The lowest BCUT2D eigenvalue weighted by Crippen LogP contribution is -2.17. The van der Waals surface area contributed by atoms with Gasteiger partial charge in [-0.1, -0.05) is 58.0 Å². The Morgan fingerprint density at radius 3 is 2.39 bits per heavy atom. The summed E-state index contributed by atoms with van der Waals surface area (Å²) in [5.74, 6) is -1.09. The number of anilines is 1. The van der Waals surface area contributed by atoms with Gasteiger partial charge >= 0.3 is 5.97 Å². The maximum Gasteiger partial charge on any atom is 0.303 e. The number of hydrogen-bond donors (Lipinski definition) is 2. The van der Waals surface area contributed by atoms with E-state index >= 15 is 0 Å². The second-order valence-electron chi connectivity index (χ2n) is 8.61. The number of carboxylic acid groups (broad SMARTS) is 1. The molecule has 31 heavy (non-hydrogen) atoms. The Morgan fingerprint density at radius 1 is 1.06 bits per heavy atom. The Balaban J connectivity index is 1.88. The van der Waals surface area contributed by atoms with Gasteiger partial charge in [0.2, 0.25) is 0 Å². The van der Waals surface area contributed by atoms with Gasteiger partial charge in [-0.15, -0.1) is 0 Å². The Morgan fingerprint density at radius 2 is 1.77 bits per heavy atom. The zero-order valence-corrected chi connectivity index (χ0v) is 18.5. The number of aromatic nitrogens is 2. The minimum Gasteiger partial charge on any atom is -0.481 e. The third-order valence-corrected chi connectivity index (χ3v) is 5.14. The Bertz CT molecular complexity index is 1080. The first-order valence-electron chi connectivity index (χ1n) is 10.5. The van der Waals surface area contributed by atoms with E-state index < -0.39 is 5.97 Å². The van der Waals surface area contributed by atoms with Gasteiger partial charge < -0.3 is 10.4 Å². The van der Waals surface area contributed by atoms with Gasteiger partial charge in [0.1, 0.15) is 0 Å². The molecule has 3 aromatic rings. The van der Waals surface area contributed by atoms with Crippen LogP contribution in [0.3, 0.4) is 0 Å². The summed E-state index contributed by atoms with van der Waals surface area (Å²) in [5.41, 5.74) is 4.65. The first-order valence-corrected chi connectivity index (χ1v) is 10.5. The fraction of sp³-hybridized carbons (Fsp3) is 0.320. The van der Waals surface area contributed by atoms with Crippen molar-refractivity contribution in [2.45, 2.75) is 52.4 Å². The van der Waals surface area contributed by atoms with Crippen molar-refractivity contribution in [2.75, 3.05) is 5.32 Å². The number of hydrogen-bond acceptors (Lipinski definition) is 3.